The van der Waals surface area contributed by atoms with E-state index >= 15 is 0 Å². The van der Waals surface area contributed by atoms with E-state index in [1.54, 1.807) is 11.0 Å². The van der Waals surface area contributed by atoms with Crippen molar-refractivity contribution < 1.29 is 14.7 Å². The lowest BCUT2D eigenvalue weighted by molar-refractivity contribution is -0.138. The van der Waals surface area contributed by atoms with Crippen molar-refractivity contribution in [1.82, 2.24) is 4.90 Å². The normalized spacial score (nSPS) is 21.7. The summed E-state index contributed by atoms with van der Waals surface area (Å²) < 4.78 is 0. The van der Waals surface area contributed by atoms with E-state index in [0.29, 0.717) is 18.7 Å². The fourth-order valence-electron chi connectivity index (χ4n) is 2.96. The van der Waals surface area contributed by atoms with E-state index in [0.717, 1.165) is 18.4 Å². The minimum absolute atomic E-state index is 0.0249. The number of aliphatic carboxylic acids is 1. The number of carboxylic acid groups (broad SMARTS) is 1. The van der Waals surface area contributed by atoms with Crippen molar-refractivity contribution in [1.29, 1.82) is 0 Å². The minimum atomic E-state index is -0.827. The molecule has 0 aliphatic carbocycles. The molecule has 1 atom stereocenters. The van der Waals surface area contributed by atoms with Crippen molar-refractivity contribution in [2.24, 2.45) is 0 Å². The van der Waals surface area contributed by atoms with E-state index < -0.39 is 11.4 Å². The molecule has 1 aliphatic rings. The van der Waals surface area contributed by atoms with Gasteiger partial charge in [-0.2, -0.15) is 0 Å². The highest BCUT2D eigenvalue weighted by Crippen LogP contribution is 2.36. The third-order valence-electron chi connectivity index (χ3n) is 3.96. The lowest BCUT2D eigenvalue weighted by atomic mass is 9.74. The Morgan fingerprint density at radius 2 is 2.10 bits per heavy atom. The predicted octanol–water partition coefficient (Wildman–Crippen LogP) is 2.67. The Morgan fingerprint density at radius 3 is 2.75 bits per heavy atom. The number of amides is 1. The van der Waals surface area contributed by atoms with Crippen molar-refractivity contribution in [3.8, 4) is 0 Å². The van der Waals surface area contributed by atoms with Gasteiger partial charge in [0.1, 0.15) is 0 Å². The highest BCUT2D eigenvalue weighted by atomic mass is 16.4. The molecule has 4 heteroatoms. The van der Waals surface area contributed by atoms with Crippen LogP contribution < -0.4 is 0 Å². The maximum absolute atomic E-state index is 12.5. The first-order valence-electron chi connectivity index (χ1n) is 7.08. The minimum Gasteiger partial charge on any atom is -0.481 e. The molecule has 20 heavy (non-hydrogen) atoms. The highest BCUT2D eigenvalue weighted by Gasteiger charge is 2.40. The number of hydrogen-bond donors (Lipinski definition) is 1. The molecular weight excluding hydrogens is 254 g/mol. The van der Waals surface area contributed by atoms with E-state index in [1.807, 2.05) is 25.1 Å². The molecule has 1 N–H and O–H groups in total. The van der Waals surface area contributed by atoms with Gasteiger partial charge in [-0.15, -0.1) is 0 Å². The first kappa shape index (κ1) is 14.6. The molecule has 0 aromatic heterocycles. The van der Waals surface area contributed by atoms with Gasteiger partial charge in [-0.3, -0.25) is 9.59 Å². The third-order valence-corrected chi connectivity index (χ3v) is 3.96. The van der Waals surface area contributed by atoms with Crippen LogP contribution in [0.5, 0.6) is 0 Å². The van der Waals surface area contributed by atoms with Crippen LogP contribution in [-0.4, -0.2) is 35.0 Å². The second-order valence-corrected chi connectivity index (χ2v) is 5.76. The van der Waals surface area contributed by atoms with E-state index in [-0.39, 0.29) is 12.3 Å². The Hall–Kier alpha value is -1.84. The Morgan fingerprint density at radius 1 is 1.40 bits per heavy atom. The van der Waals surface area contributed by atoms with Crippen LogP contribution in [0, 0.1) is 0 Å². The number of carboxylic acids is 1. The third kappa shape index (κ3) is 2.69. The van der Waals surface area contributed by atoms with Crippen molar-refractivity contribution >= 4 is 11.9 Å². The maximum Gasteiger partial charge on any atom is 0.304 e. The van der Waals surface area contributed by atoms with Crippen LogP contribution in [0.15, 0.2) is 24.3 Å². The van der Waals surface area contributed by atoms with Gasteiger partial charge in [0, 0.05) is 24.1 Å². The van der Waals surface area contributed by atoms with Crippen molar-refractivity contribution in [3.63, 3.8) is 0 Å². The summed E-state index contributed by atoms with van der Waals surface area (Å²) in [6, 6.07) is 7.39. The molecular formula is C16H21NO3. The zero-order chi connectivity index (χ0) is 14.8. The first-order valence-corrected chi connectivity index (χ1v) is 7.08. The number of fused-ring (bicyclic) bond motifs is 1. The van der Waals surface area contributed by atoms with Crippen LogP contribution in [0.25, 0.3) is 0 Å². The quantitative estimate of drug-likeness (QED) is 0.898. The second kappa shape index (κ2) is 5.65. The molecule has 0 radical (unpaired) electrons. The van der Waals surface area contributed by atoms with Crippen molar-refractivity contribution in [3.05, 3.63) is 35.4 Å². The summed E-state index contributed by atoms with van der Waals surface area (Å²) in [6.07, 6.45) is 2.00. The second-order valence-electron chi connectivity index (χ2n) is 5.76. The average molecular weight is 275 g/mol. The van der Waals surface area contributed by atoms with E-state index in [1.165, 1.54) is 0 Å². The molecule has 108 valence electrons. The lowest BCUT2D eigenvalue weighted by Gasteiger charge is -2.41. The molecule has 1 amide bonds. The maximum atomic E-state index is 12.5. The largest absolute Gasteiger partial charge is 0.481 e. The number of hydrogen-bond acceptors (Lipinski definition) is 2. The highest BCUT2D eigenvalue weighted by molar-refractivity contribution is 5.97. The Labute approximate surface area is 119 Å². The van der Waals surface area contributed by atoms with Crippen LogP contribution in [-0.2, 0) is 10.2 Å². The van der Waals surface area contributed by atoms with Crippen LogP contribution in [0.3, 0.4) is 0 Å². The number of nitrogens with zero attached hydrogens (tertiary/aromatic N) is 1. The zero-order valence-corrected chi connectivity index (χ0v) is 12.1. The number of carbonyl (C=O) groups excluding carboxylic acids is 1. The fourth-order valence-corrected chi connectivity index (χ4v) is 2.96. The van der Waals surface area contributed by atoms with Crippen molar-refractivity contribution in [2.75, 3.05) is 13.1 Å². The summed E-state index contributed by atoms with van der Waals surface area (Å²) in [6.45, 7) is 5.19. The first-order chi connectivity index (χ1) is 9.48. The van der Waals surface area contributed by atoms with Crippen molar-refractivity contribution in [2.45, 2.75) is 38.5 Å². The molecule has 0 saturated carbocycles. The van der Waals surface area contributed by atoms with Gasteiger partial charge in [0.15, 0.2) is 0 Å². The Bertz CT molecular complexity index is 526. The number of carbonyl (C=O) groups is 2. The molecule has 1 aromatic carbocycles. The summed E-state index contributed by atoms with van der Waals surface area (Å²) >= 11 is 0. The fraction of sp³-hybridized carbons (Fsp3) is 0.500. The van der Waals surface area contributed by atoms with Crippen LogP contribution >= 0.6 is 0 Å². The molecule has 4 nitrogen and oxygen atoms in total. The van der Waals surface area contributed by atoms with Gasteiger partial charge in [0.05, 0.1) is 6.42 Å². The van der Waals surface area contributed by atoms with E-state index in [9.17, 15) is 14.7 Å². The van der Waals surface area contributed by atoms with E-state index in [2.05, 4.69) is 6.92 Å². The lowest BCUT2D eigenvalue weighted by Crippen LogP contribution is -2.49. The molecule has 0 saturated heterocycles. The average Bonchev–Trinajstić information content (AvgIpc) is 2.41. The summed E-state index contributed by atoms with van der Waals surface area (Å²) in [4.78, 5) is 25.5. The van der Waals surface area contributed by atoms with Gasteiger partial charge < -0.3 is 10.0 Å². The summed E-state index contributed by atoms with van der Waals surface area (Å²) in [5.74, 6) is -0.802. The smallest absolute Gasteiger partial charge is 0.304 e. The molecule has 1 aromatic rings. The molecule has 2 rings (SSSR count). The number of rotatable bonds is 5. The van der Waals surface area contributed by atoms with Gasteiger partial charge in [-0.25, -0.2) is 0 Å². The van der Waals surface area contributed by atoms with Crippen LogP contribution in [0.4, 0.5) is 0 Å². The molecule has 1 unspecified atom stereocenters. The van der Waals surface area contributed by atoms with Gasteiger partial charge in [0.25, 0.3) is 5.91 Å². The number of benzene rings is 1. The molecule has 0 bridgehead atoms. The standard InChI is InChI=1S/C16H21NO3/c1-3-4-9-17-11-16(2,10-14(18)19)13-8-6-5-7-12(13)15(17)20/h5-8H,3-4,9-11H2,1-2H3,(H,18,19). The van der Waals surface area contributed by atoms with Crippen LogP contribution in [0.1, 0.15) is 49.0 Å². The Balaban J connectivity index is 2.40. The molecule has 0 spiro atoms. The van der Waals surface area contributed by atoms with Gasteiger partial charge in [0.2, 0.25) is 0 Å². The monoisotopic (exact) mass is 275 g/mol. The zero-order valence-electron chi connectivity index (χ0n) is 12.1. The summed E-state index contributed by atoms with van der Waals surface area (Å²) in [5.41, 5.74) is 1.00. The Kier molecular flexibility index (Phi) is 4.12. The van der Waals surface area contributed by atoms with Gasteiger partial charge in [-0.05, 0) is 18.1 Å². The SMILES string of the molecule is CCCCN1CC(C)(CC(=O)O)c2ccccc2C1=O. The van der Waals surface area contributed by atoms with Gasteiger partial charge >= 0.3 is 5.97 Å². The molecule has 1 aliphatic heterocycles. The van der Waals surface area contributed by atoms with Gasteiger partial charge in [-0.1, -0.05) is 38.5 Å². The van der Waals surface area contributed by atoms with Crippen LogP contribution in [0.2, 0.25) is 0 Å². The summed E-state index contributed by atoms with van der Waals surface area (Å²) in [5, 5.41) is 9.18. The number of unbranched alkanes of at least 4 members (excludes halogenated alkanes) is 1. The summed E-state index contributed by atoms with van der Waals surface area (Å²) in [7, 11) is 0. The molecule has 1 heterocycles. The van der Waals surface area contributed by atoms with E-state index in [4.69, 9.17) is 0 Å². The predicted molar refractivity (Wildman–Crippen MR) is 76.9 cm³/mol. The topological polar surface area (TPSA) is 57.6 Å². The molecule has 0 fully saturated rings.